The molecule has 0 saturated carbocycles. The van der Waals surface area contributed by atoms with E-state index in [9.17, 15) is 14.4 Å². The van der Waals surface area contributed by atoms with E-state index < -0.39 is 5.97 Å². The van der Waals surface area contributed by atoms with Crippen LogP contribution in [0.5, 0.6) is 0 Å². The van der Waals surface area contributed by atoms with Crippen LogP contribution in [0.25, 0.3) is 0 Å². The number of rotatable bonds is 13. The second-order valence-corrected chi connectivity index (χ2v) is 8.29. The lowest BCUT2D eigenvalue weighted by atomic mass is 10.0. The highest BCUT2D eigenvalue weighted by Crippen LogP contribution is 2.11. The molecule has 1 rings (SSSR count). The van der Waals surface area contributed by atoms with E-state index in [2.05, 4.69) is 33.6 Å². The number of unbranched alkanes of at least 4 members (excludes halogenated alkanes) is 4. The number of hydrogen-bond acceptors (Lipinski definition) is 6. The normalized spacial score (nSPS) is 13.5. The molecule has 0 bridgehead atoms. The molecule has 0 aromatic carbocycles. The highest BCUT2D eigenvalue weighted by atomic mass is 16.6. The SMILES string of the molecule is C=C(C)C(=O)O.C=C(C)C(=O)OCC1CO1.C=C(C)C(=O)OCCCCCCCC(C)C. The topological polar surface area (TPSA) is 102 Å². The van der Waals surface area contributed by atoms with Gasteiger partial charge in [-0.05, 0) is 33.1 Å². The van der Waals surface area contributed by atoms with Crippen LogP contribution in [0, 0.1) is 5.92 Å². The van der Waals surface area contributed by atoms with E-state index in [1.54, 1.807) is 13.8 Å². The Labute approximate surface area is 193 Å². The van der Waals surface area contributed by atoms with Crippen LogP contribution in [0.4, 0.5) is 0 Å². The third-order valence-electron chi connectivity index (χ3n) is 4.02. The predicted octanol–water partition coefficient (Wildman–Crippen LogP) is 5.25. The summed E-state index contributed by atoms with van der Waals surface area (Å²) in [6.07, 6.45) is 7.46. The molecule has 0 aromatic heterocycles. The van der Waals surface area contributed by atoms with Gasteiger partial charge in [-0.15, -0.1) is 0 Å². The van der Waals surface area contributed by atoms with Crippen molar-refractivity contribution in [2.24, 2.45) is 5.92 Å². The fraction of sp³-hybridized carbons (Fsp3) is 0.640. The van der Waals surface area contributed by atoms with Gasteiger partial charge in [-0.1, -0.05) is 65.7 Å². The molecule has 32 heavy (non-hydrogen) atoms. The minimum Gasteiger partial charge on any atom is -0.478 e. The zero-order chi connectivity index (χ0) is 25.1. The molecule has 1 aliphatic rings. The van der Waals surface area contributed by atoms with E-state index in [0.717, 1.165) is 18.8 Å². The van der Waals surface area contributed by atoms with Crippen LogP contribution in [0.15, 0.2) is 36.5 Å². The first kappa shape index (κ1) is 31.8. The van der Waals surface area contributed by atoms with Crippen LogP contribution in [-0.2, 0) is 28.6 Å². The molecule has 1 aliphatic heterocycles. The maximum Gasteiger partial charge on any atom is 0.333 e. The summed E-state index contributed by atoms with van der Waals surface area (Å²) in [6.45, 7) is 21.0. The van der Waals surface area contributed by atoms with Crippen molar-refractivity contribution < 1.29 is 33.7 Å². The quantitative estimate of drug-likeness (QED) is 0.175. The second-order valence-electron chi connectivity index (χ2n) is 8.29. The Morgan fingerprint density at radius 1 is 0.875 bits per heavy atom. The van der Waals surface area contributed by atoms with E-state index in [-0.39, 0.29) is 23.6 Å². The first-order chi connectivity index (χ1) is 14.9. The van der Waals surface area contributed by atoms with Crippen LogP contribution >= 0.6 is 0 Å². The van der Waals surface area contributed by atoms with E-state index in [1.807, 2.05) is 0 Å². The van der Waals surface area contributed by atoms with Gasteiger partial charge in [-0.25, -0.2) is 14.4 Å². The van der Waals surface area contributed by atoms with Crippen LogP contribution in [-0.4, -0.2) is 48.9 Å². The third kappa shape index (κ3) is 23.9. The van der Waals surface area contributed by atoms with Gasteiger partial charge in [0.2, 0.25) is 0 Å². The van der Waals surface area contributed by atoms with Gasteiger partial charge in [-0.2, -0.15) is 0 Å². The predicted molar refractivity (Wildman–Crippen MR) is 126 cm³/mol. The van der Waals surface area contributed by atoms with Crippen LogP contribution in [0.3, 0.4) is 0 Å². The summed E-state index contributed by atoms with van der Waals surface area (Å²) in [5.74, 6) is -0.721. The van der Waals surface area contributed by atoms with Gasteiger partial charge in [0.15, 0.2) is 0 Å². The standard InChI is InChI=1S/C14H26O2.C7H10O3.C4H6O2/c1-12(2)10-8-6-5-7-9-11-16-14(15)13(3)4;1-5(2)7(8)10-4-6-3-9-6;1-3(2)4(5)6/h12H,3,5-11H2,1-2,4H3;6H,1,3-4H2,2H3;1H2,2H3,(H,5,6). The molecule has 0 radical (unpaired) electrons. The molecule has 0 aromatic rings. The number of carbonyl (C=O) groups is 3. The van der Waals surface area contributed by atoms with Crippen molar-refractivity contribution in [3.05, 3.63) is 36.5 Å². The van der Waals surface area contributed by atoms with Gasteiger partial charge in [0.25, 0.3) is 0 Å². The molecule has 7 heteroatoms. The van der Waals surface area contributed by atoms with E-state index in [4.69, 9.17) is 19.3 Å². The summed E-state index contributed by atoms with van der Waals surface area (Å²) in [5.41, 5.74) is 1.09. The largest absolute Gasteiger partial charge is 0.478 e. The zero-order valence-corrected chi connectivity index (χ0v) is 20.5. The van der Waals surface area contributed by atoms with Crippen molar-refractivity contribution in [3.8, 4) is 0 Å². The van der Waals surface area contributed by atoms with E-state index in [1.165, 1.54) is 32.6 Å². The van der Waals surface area contributed by atoms with Crippen molar-refractivity contribution in [1.82, 2.24) is 0 Å². The van der Waals surface area contributed by atoms with Crippen molar-refractivity contribution in [2.75, 3.05) is 19.8 Å². The van der Waals surface area contributed by atoms with Gasteiger partial charge >= 0.3 is 17.9 Å². The Bertz CT molecular complexity index is 604. The number of carboxylic acid groups (broad SMARTS) is 1. The summed E-state index contributed by atoms with van der Waals surface area (Å²) < 4.78 is 14.6. The van der Waals surface area contributed by atoms with Crippen LogP contribution in [0.2, 0.25) is 0 Å². The second kappa shape index (κ2) is 19.3. The number of hydrogen-bond donors (Lipinski definition) is 1. The van der Waals surface area contributed by atoms with Crippen molar-refractivity contribution in [3.63, 3.8) is 0 Å². The molecule has 0 spiro atoms. The lowest BCUT2D eigenvalue weighted by molar-refractivity contribution is -0.140. The molecule has 184 valence electrons. The molecular formula is C25H42O7. The molecule has 1 saturated heterocycles. The molecule has 1 fully saturated rings. The van der Waals surface area contributed by atoms with Gasteiger partial charge in [0, 0.05) is 16.7 Å². The molecule has 1 unspecified atom stereocenters. The summed E-state index contributed by atoms with van der Waals surface area (Å²) in [5, 5.41) is 7.89. The summed E-state index contributed by atoms with van der Waals surface area (Å²) >= 11 is 0. The van der Waals surface area contributed by atoms with Crippen LogP contribution in [0.1, 0.15) is 73.1 Å². The average Bonchev–Trinajstić information content (AvgIpc) is 3.52. The molecule has 1 N–H and O–H groups in total. The fourth-order valence-electron chi connectivity index (χ4n) is 1.93. The van der Waals surface area contributed by atoms with Gasteiger partial charge in [0.1, 0.15) is 12.7 Å². The molecule has 0 amide bonds. The van der Waals surface area contributed by atoms with Gasteiger partial charge in [0.05, 0.1) is 13.2 Å². The average molecular weight is 455 g/mol. The third-order valence-corrected chi connectivity index (χ3v) is 4.02. The minimum atomic E-state index is -0.935. The minimum absolute atomic E-state index is 0.142. The Kier molecular flexibility index (Phi) is 19.2. The molecule has 7 nitrogen and oxygen atoms in total. The Hall–Kier alpha value is -2.41. The van der Waals surface area contributed by atoms with Crippen molar-refractivity contribution in [2.45, 2.75) is 79.2 Å². The zero-order valence-electron chi connectivity index (χ0n) is 20.5. The van der Waals surface area contributed by atoms with Crippen molar-refractivity contribution in [1.29, 1.82) is 0 Å². The smallest absolute Gasteiger partial charge is 0.333 e. The number of esters is 2. The Morgan fingerprint density at radius 2 is 1.31 bits per heavy atom. The fourth-order valence-corrected chi connectivity index (χ4v) is 1.93. The van der Waals surface area contributed by atoms with Crippen LogP contribution < -0.4 is 0 Å². The molecule has 1 atom stereocenters. The summed E-state index contributed by atoms with van der Waals surface area (Å²) in [6, 6.07) is 0. The highest BCUT2D eigenvalue weighted by molar-refractivity contribution is 5.87. The number of aliphatic carboxylic acids is 1. The summed E-state index contributed by atoms with van der Waals surface area (Å²) in [7, 11) is 0. The maximum atomic E-state index is 11.0. The molecule has 1 heterocycles. The molecule has 0 aliphatic carbocycles. The number of carboxylic acids is 1. The molecular weight excluding hydrogens is 412 g/mol. The highest BCUT2D eigenvalue weighted by Gasteiger charge is 2.24. The Morgan fingerprint density at radius 3 is 1.72 bits per heavy atom. The Balaban J connectivity index is 0. The van der Waals surface area contributed by atoms with E-state index >= 15 is 0 Å². The van der Waals surface area contributed by atoms with Gasteiger partial charge in [-0.3, -0.25) is 0 Å². The lowest BCUT2D eigenvalue weighted by Crippen LogP contribution is -2.09. The first-order valence-electron chi connectivity index (χ1n) is 11.0. The van der Waals surface area contributed by atoms with Gasteiger partial charge < -0.3 is 19.3 Å². The first-order valence-corrected chi connectivity index (χ1v) is 11.0. The van der Waals surface area contributed by atoms with Crippen molar-refractivity contribution >= 4 is 17.9 Å². The summed E-state index contributed by atoms with van der Waals surface area (Å²) in [4.78, 5) is 31.3. The number of ether oxygens (including phenoxy) is 3. The number of carbonyl (C=O) groups excluding carboxylic acids is 2. The van der Waals surface area contributed by atoms with E-state index in [0.29, 0.717) is 31.0 Å². The maximum absolute atomic E-state index is 11.0. The lowest BCUT2D eigenvalue weighted by Gasteiger charge is -2.05. The monoisotopic (exact) mass is 454 g/mol. The number of epoxide rings is 1.